The van der Waals surface area contributed by atoms with Gasteiger partial charge >= 0.3 is 0 Å². The van der Waals surface area contributed by atoms with Gasteiger partial charge in [0.15, 0.2) is 10.3 Å². The average molecular weight is 486 g/mol. The fraction of sp³-hybridized carbons (Fsp3) is 0.391. The monoisotopic (exact) mass is 485 g/mol. The fourth-order valence-corrected chi connectivity index (χ4v) is 4.76. The van der Waals surface area contributed by atoms with Gasteiger partial charge in [0.2, 0.25) is 5.91 Å². The molecular formula is C23H27N5O3S2. The van der Waals surface area contributed by atoms with E-state index in [1.165, 1.54) is 23.1 Å². The van der Waals surface area contributed by atoms with Crippen molar-refractivity contribution in [3.8, 4) is 5.75 Å². The van der Waals surface area contributed by atoms with Gasteiger partial charge in [-0.3, -0.25) is 9.59 Å². The summed E-state index contributed by atoms with van der Waals surface area (Å²) in [5.41, 5.74) is 1.75. The first-order valence-corrected chi connectivity index (χ1v) is 12.4. The van der Waals surface area contributed by atoms with Crippen molar-refractivity contribution in [1.82, 2.24) is 15.2 Å². The maximum Gasteiger partial charge on any atom is 0.264 e. The molecule has 2 aliphatic rings. The molecule has 2 heterocycles. The molecule has 1 saturated heterocycles. The Morgan fingerprint density at radius 2 is 2.21 bits per heavy atom. The molecule has 2 N–H and O–H groups in total. The van der Waals surface area contributed by atoms with Crippen LogP contribution in [0.1, 0.15) is 29.7 Å². The number of nitrogens with one attached hydrogen (secondary N) is 2. The maximum absolute atomic E-state index is 12.4. The molecule has 4 rings (SSSR count). The van der Waals surface area contributed by atoms with Crippen molar-refractivity contribution in [2.45, 2.75) is 26.2 Å². The van der Waals surface area contributed by atoms with Crippen LogP contribution in [0.15, 0.2) is 34.3 Å². The molecule has 33 heavy (non-hydrogen) atoms. The number of carbonyl (C=O) groups is 2. The number of anilines is 1. The number of benzene rings is 1. The van der Waals surface area contributed by atoms with Crippen molar-refractivity contribution in [3.63, 3.8) is 0 Å². The molecule has 1 aliphatic carbocycles. The number of amidine groups is 1. The van der Waals surface area contributed by atoms with Crippen LogP contribution in [0.25, 0.3) is 6.08 Å². The Bertz CT molecular complexity index is 1110. The summed E-state index contributed by atoms with van der Waals surface area (Å²) in [4.78, 5) is 36.6. The summed E-state index contributed by atoms with van der Waals surface area (Å²) in [7, 11) is 4.09. The number of ether oxygens (including phenoxy) is 1. The first kappa shape index (κ1) is 23.5. The van der Waals surface area contributed by atoms with Gasteiger partial charge in [-0.1, -0.05) is 11.3 Å². The molecule has 2 fully saturated rings. The standard InChI is InChI=1S/C23H27N5O3S2/c1-14-11-16(31-10-4-9-28(2)3)7-8-18(14)25-23-27-21(30)19(33-23)12-17-13-24-22(32-17)26-20(29)15-5-6-15/h7-8,11-13,15H,4-6,9-10H2,1-3H3,(H,24,26,29)(H,25,27,30)/b19-12-. The van der Waals surface area contributed by atoms with E-state index in [2.05, 4.69) is 25.5 Å². The highest BCUT2D eigenvalue weighted by atomic mass is 32.2. The third kappa shape index (κ3) is 6.66. The van der Waals surface area contributed by atoms with Gasteiger partial charge in [-0.2, -0.15) is 0 Å². The number of aryl methyl sites for hydroxylation is 1. The van der Waals surface area contributed by atoms with E-state index in [4.69, 9.17) is 4.74 Å². The minimum Gasteiger partial charge on any atom is -0.494 e. The Morgan fingerprint density at radius 3 is 2.94 bits per heavy atom. The number of carbonyl (C=O) groups excluding carboxylic acids is 2. The van der Waals surface area contributed by atoms with Crippen molar-refractivity contribution in [3.05, 3.63) is 39.7 Å². The smallest absolute Gasteiger partial charge is 0.264 e. The van der Waals surface area contributed by atoms with E-state index in [1.54, 1.807) is 12.3 Å². The quantitative estimate of drug-likeness (QED) is 0.411. The molecule has 0 atom stereocenters. The summed E-state index contributed by atoms with van der Waals surface area (Å²) in [5.74, 6) is 0.756. The summed E-state index contributed by atoms with van der Waals surface area (Å²) in [6, 6.07) is 5.76. The Balaban J connectivity index is 1.37. The van der Waals surface area contributed by atoms with E-state index in [0.717, 1.165) is 47.7 Å². The first-order valence-electron chi connectivity index (χ1n) is 10.8. The van der Waals surface area contributed by atoms with Crippen LogP contribution in [-0.2, 0) is 9.59 Å². The van der Waals surface area contributed by atoms with Gasteiger partial charge in [-0.15, -0.1) is 0 Å². The van der Waals surface area contributed by atoms with Gasteiger partial charge in [0.1, 0.15) is 5.75 Å². The Kier molecular flexibility index (Phi) is 7.46. The van der Waals surface area contributed by atoms with E-state index in [-0.39, 0.29) is 17.7 Å². The molecule has 2 aromatic rings. The van der Waals surface area contributed by atoms with Crippen molar-refractivity contribution >= 4 is 57.0 Å². The van der Waals surface area contributed by atoms with Crippen LogP contribution >= 0.6 is 23.1 Å². The highest BCUT2D eigenvalue weighted by Crippen LogP contribution is 2.33. The highest BCUT2D eigenvalue weighted by molar-refractivity contribution is 8.18. The lowest BCUT2D eigenvalue weighted by Gasteiger charge is -2.11. The number of nitrogens with zero attached hydrogens (tertiary/aromatic N) is 3. The van der Waals surface area contributed by atoms with Gasteiger partial charge in [0.05, 0.1) is 22.1 Å². The van der Waals surface area contributed by atoms with Gasteiger partial charge < -0.3 is 20.3 Å². The largest absolute Gasteiger partial charge is 0.494 e. The number of hydrogen-bond donors (Lipinski definition) is 2. The van der Waals surface area contributed by atoms with Gasteiger partial charge in [0.25, 0.3) is 5.91 Å². The molecule has 1 aliphatic heterocycles. The third-order valence-electron chi connectivity index (χ3n) is 5.03. The predicted molar refractivity (Wildman–Crippen MR) is 134 cm³/mol. The summed E-state index contributed by atoms with van der Waals surface area (Å²) < 4.78 is 5.81. The molecule has 10 heteroatoms. The molecule has 2 amide bonds. The molecule has 1 aromatic heterocycles. The fourth-order valence-electron chi connectivity index (χ4n) is 3.10. The van der Waals surface area contributed by atoms with E-state index in [1.807, 2.05) is 39.2 Å². The summed E-state index contributed by atoms with van der Waals surface area (Å²) in [6.45, 7) is 3.61. The van der Waals surface area contributed by atoms with Crippen LogP contribution in [0.2, 0.25) is 0 Å². The van der Waals surface area contributed by atoms with Gasteiger partial charge in [-0.05, 0) is 81.9 Å². The van der Waals surface area contributed by atoms with Crippen molar-refractivity contribution < 1.29 is 14.3 Å². The normalized spacial score (nSPS) is 18.2. The second-order valence-electron chi connectivity index (χ2n) is 8.27. The Morgan fingerprint density at radius 1 is 1.39 bits per heavy atom. The Labute approximate surface area is 201 Å². The van der Waals surface area contributed by atoms with Crippen molar-refractivity contribution in [1.29, 1.82) is 0 Å². The lowest BCUT2D eigenvalue weighted by Crippen LogP contribution is -2.19. The van der Waals surface area contributed by atoms with Crippen molar-refractivity contribution in [2.75, 3.05) is 32.6 Å². The molecule has 174 valence electrons. The zero-order valence-electron chi connectivity index (χ0n) is 18.9. The number of aromatic nitrogens is 1. The van der Waals surface area contributed by atoms with Crippen LogP contribution in [0.5, 0.6) is 5.75 Å². The summed E-state index contributed by atoms with van der Waals surface area (Å²) in [5, 5.41) is 6.72. The molecule has 0 bridgehead atoms. The number of thioether (sulfide) groups is 1. The minimum absolute atomic E-state index is 0.0197. The highest BCUT2D eigenvalue weighted by Gasteiger charge is 2.30. The number of amides is 2. The second kappa shape index (κ2) is 10.5. The summed E-state index contributed by atoms with van der Waals surface area (Å²) >= 11 is 2.63. The number of thiazole rings is 1. The van der Waals surface area contributed by atoms with E-state index < -0.39 is 0 Å². The number of aliphatic imine (C=N–C) groups is 1. The Hall–Kier alpha value is -2.69. The van der Waals surface area contributed by atoms with Crippen LogP contribution in [0.4, 0.5) is 10.8 Å². The van der Waals surface area contributed by atoms with Crippen molar-refractivity contribution in [2.24, 2.45) is 10.9 Å². The summed E-state index contributed by atoms with van der Waals surface area (Å²) in [6.07, 6.45) is 6.27. The van der Waals surface area contributed by atoms with Crippen LogP contribution < -0.4 is 15.4 Å². The number of rotatable bonds is 9. The third-order valence-corrected chi connectivity index (χ3v) is 6.80. The maximum atomic E-state index is 12.4. The average Bonchev–Trinajstić information content (AvgIpc) is 3.45. The van der Waals surface area contributed by atoms with E-state index >= 15 is 0 Å². The SMILES string of the molecule is Cc1cc(OCCCN(C)C)ccc1N=C1NC(=O)/C(=C/c2cnc(NC(=O)C3CC3)s2)S1. The molecule has 1 aromatic carbocycles. The predicted octanol–water partition coefficient (Wildman–Crippen LogP) is 4.02. The zero-order chi connectivity index (χ0) is 23.4. The first-order chi connectivity index (χ1) is 15.9. The molecule has 0 radical (unpaired) electrons. The second-order valence-corrected chi connectivity index (χ2v) is 10.4. The lowest BCUT2D eigenvalue weighted by molar-refractivity contribution is -0.117. The molecule has 0 spiro atoms. The van der Waals surface area contributed by atoms with E-state index in [0.29, 0.717) is 21.8 Å². The number of hydrogen-bond acceptors (Lipinski definition) is 8. The minimum atomic E-state index is -0.200. The van der Waals surface area contributed by atoms with Gasteiger partial charge in [0, 0.05) is 18.7 Å². The van der Waals surface area contributed by atoms with E-state index in [9.17, 15) is 9.59 Å². The topological polar surface area (TPSA) is 95.9 Å². The lowest BCUT2D eigenvalue weighted by atomic mass is 10.2. The molecule has 0 unspecified atom stereocenters. The van der Waals surface area contributed by atoms with Crippen LogP contribution in [0, 0.1) is 12.8 Å². The molecule has 1 saturated carbocycles. The zero-order valence-corrected chi connectivity index (χ0v) is 20.5. The van der Waals surface area contributed by atoms with Gasteiger partial charge in [-0.25, -0.2) is 9.98 Å². The van der Waals surface area contributed by atoms with Crippen LogP contribution in [0.3, 0.4) is 0 Å². The molecular weight excluding hydrogens is 458 g/mol. The molecule has 8 nitrogen and oxygen atoms in total. The van der Waals surface area contributed by atoms with Crippen LogP contribution in [-0.4, -0.2) is 54.1 Å².